The monoisotopic (exact) mass is 440 g/mol. The lowest BCUT2D eigenvalue weighted by Crippen LogP contribution is -2.35. The first-order chi connectivity index (χ1) is 15.4. The second-order valence-corrected chi connectivity index (χ2v) is 6.44. The van der Waals surface area contributed by atoms with Gasteiger partial charge in [0.1, 0.15) is 17.1 Å². The molecule has 3 rings (SSSR count). The number of amides is 2. The Labute approximate surface area is 182 Å². The smallest absolute Gasteiger partial charge is 0.342 e. The van der Waals surface area contributed by atoms with Crippen LogP contribution in [0.15, 0.2) is 72.8 Å². The fraction of sp³-hybridized carbons (Fsp3) is 0.0870. The van der Waals surface area contributed by atoms with Crippen LogP contribution in [0.1, 0.15) is 10.4 Å². The summed E-state index contributed by atoms with van der Waals surface area (Å²) in [6, 6.07) is 18.1. The van der Waals surface area contributed by atoms with E-state index in [0.29, 0.717) is 5.75 Å². The van der Waals surface area contributed by atoms with Gasteiger partial charge in [0.25, 0.3) is 5.91 Å². The summed E-state index contributed by atoms with van der Waals surface area (Å²) in [5.74, 6) is -3.55. The minimum atomic E-state index is -1.12. The molecule has 2 amide bonds. The summed E-state index contributed by atoms with van der Waals surface area (Å²) < 4.78 is 36.7. The Morgan fingerprint density at radius 1 is 0.812 bits per heavy atom. The second-order valence-electron chi connectivity index (χ2n) is 6.44. The number of ether oxygens (including phenoxy) is 2. The van der Waals surface area contributed by atoms with E-state index < -0.39 is 42.6 Å². The third-order valence-corrected chi connectivity index (χ3v) is 4.06. The second kappa shape index (κ2) is 10.7. The van der Waals surface area contributed by atoms with Crippen LogP contribution in [0.2, 0.25) is 0 Å². The van der Waals surface area contributed by atoms with Crippen LogP contribution in [0.25, 0.3) is 0 Å². The number of hydrogen-bond donors (Lipinski definition) is 2. The number of carbonyl (C=O) groups excluding carboxylic acids is 3. The lowest BCUT2D eigenvalue weighted by Gasteiger charge is -2.11. The van der Waals surface area contributed by atoms with Crippen molar-refractivity contribution in [3.8, 4) is 11.5 Å². The number of carbonyl (C=O) groups is 3. The molecule has 0 heterocycles. The van der Waals surface area contributed by atoms with Gasteiger partial charge < -0.3 is 20.1 Å². The van der Waals surface area contributed by atoms with Gasteiger partial charge in [-0.3, -0.25) is 9.59 Å². The van der Waals surface area contributed by atoms with Gasteiger partial charge in [0.05, 0.1) is 6.54 Å². The molecule has 7 nitrogen and oxygen atoms in total. The summed E-state index contributed by atoms with van der Waals surface area (Å²) in [4.78, 5) is 36.1. The molecule has 0 aliphatic rings. The summed E-state index contributed by atoms with van der Waals surface area (Å²) in [5.41, 5.74) is 0.157. The number of para-hydroxylation sites is 2. The van der Waals surface area contributed by atoms with Crippen LogP contribution >= 0.6 is 0 Å². The molecule has 0 aromatic heterocycles. The molecule has 0 spiro atoms. The molecule has 0 fully saturated rings. The highest BCUT2D eigenvalue weighted by Gasteiger charge is 2.16. The third kappa shape index (κ3) is 6.36. The van der Waals surface area contributed by atoms with Gasteiger partial charge in [0.15, 0.2) is 18.2 Å². The molecule has 3 aromatic carbocycles. The van der Waals surface area contributed by atoms with Crippen LogP contribution in [0.3, 0.4) is 0 Å². The molecule has 3 aromatic rings. The Kier molecular flexibility index (Phi) is 7.47. The topological polar surface area (TPSA) is 93.7 Å². The third-order valence-electron chi connectivity index (χ3n) is 4.06. The first kappa shape index (κ1) is 22.4. The Morgan fingerprint density at radius 3 is 2.28 bits per heavy atom. The molecule has 0 saturated carbocycles. The van der Waals surface area contributed by atoms with E-state index in [9.17, 15) is 23.2 Å². The van der Waals surface area contributed by atoms with Gasteiger partial charge in [0, 0.05) is 11.8 Å². The Bertz CT molecular complexity index is 1120. The van der Waals surface area contributed by atoms with Crippen LogP contribution in [0, 0.1) is 11.6 Å². The fourth-order valence-corrected chi connectivity index (χ4v) is 2.56. The molecule has 32 heavy (non-hydrogen) atoms. The molecule has 0 unspecified atom stereocenters. The minimum absolute atomic E-state index is 0.0320. The van der Waals surface area contributed by atoms with Crippen LogP contribution in [-0.4, -0.2) is 30.9 Å². The molecule has 0 radical (unpaired) electrons. The molecular weight excluding hydrogens is 422 g/mol. The standard InChI is InChI=1S/C23H18F2N2O5/c24-18-11-10-15(12-19(18)25)27-21(28)13-26-22(29)14-31-23(30)17-8-4-5-9-20(17)32-16-6-2-1-3-7-16/h1-12H,13-14H2,(H,26,29)(H,27,28). The van der Waals surface area contributed by atoms with Gasteiger partial charge >= 0.3 is 5.97 Å². The van der Waals surface area contributed by atoms with Gasteiger partial charge in [-0.1, -0.05) is 30.3 Å². The van der Waals surface area contributed by atoms with E-state index in [-0.39, 0.29) is 17.0 Å². The molecule has 164 valence electrons. The Morgan fingerprint density at radius 2 is 1.53 bits per heavy atom. The molecule has 0 saturated heterocycles. The minimum Gasteiger partial charge on any atom is -0.456 e. The van der Waals surface area contributed by atoms with E-state index in [2.05, 4.69) is 10.6 Å². The highest BCUT2D eigenvalue weighted by atomic mass is 19.2. The van der Waals surface area contributed by atoms with E-state index in [1.807, 2.05) is 6.07 Å². The largest absolute Gasteiger partial charge is 0.456 e. The van der Waals surface area contributed by atoms with Gasteiger partial charge in [-0.05, 0) is 36.4 Å². The first-order valence-corrected chi connectivity index (χ1v) is 9.43. The van der Waals surface area contributed by atoms with E-state index in [1.54, 1.807) is 42.5 Å². The van der Waals surface area contributed by atoms with Gasteiger partial charge in [-0.15, -0.1) is 0 Å². The number of rotatable bonds is 8. The summed E-state index contributed by atoms with van der Waals surface area (Å²) in [6.07, 6.45) is 0. The van der Waals surface area contributed by atoms with Crippen molar-refractivity contribution < 1.29 is 32.6 Å². The summed E-state index contributed by atoms with van der Waals surface area (Å²) in [5, 5.41) is 4.56. The maximum absolute atomic E-state index is 13.2. The fourth-order valence-electron chi connectivity index (χ4n) is 2.56. The zero-order valence-electron chi connectivity index (χ0n) is 16.6. The maximum Gasteiger partial charge on any atom is 0.342 e. The van der Waals surface area contributed by atoms with Gasteiger partial charge in [0.2, 0.25) is 5.91 Å². The molecular formula is C23H18F2N2O5. The van der Waals surface area contributed by atoms with Crippen LogP contribution in [0.4, 0.5) is 14.5 Å². The average molecular weight is 440 g/mol. The summed E-state index contributed by atoms with van der Waals surface area (Å²) >= 11 is 0. The number of esters is 1. The zero-order valence-corrected chi connectivity index (χ0v) is 16.6. The highest BCUT2D eigenvalue weighted by Crippen LogP contribution is 2.25. The van der Waals surface area contributed by atoms with Crippen molar-refractivity contribution in [3.05, 3.63) is 90.0 Å². The lowest BCUT2D eigenvalue weighted by atomic mass is 10.2. The van der Waals surface area contributed by atoms with Gasteiger partial charge in [-0.25, -0.2) is 13.6 Å². The Hall–Kier alpha value is -4.27. The predicted molar refractivity (Wildman–Crippen MR) is 111 cm³/mol. The van der Waals surface area contributed by atoms with Crippen molar-refractivity contribution >= 4 is 23.5 Å². The van der Waals surface area contributed by atoms with Crippen molar-refractivity contribution in [1.82, 2.24) is 5.32 Å². The number of halogens is 2. The van der Waals surface area contributed by atoms with Crippen molar-refractivity contribution in [2.75, 3.05) is 18.5 Å². The van der Waals surface area contributed by atoms with Crippen LogP contribution in [0.5, 0.6) is 11.5 Å². The van der Waals surface area contributed by atoms with Crippen LogP contribution < -0.4 is 15.4 Å². The predicted octanol–water partition coefficient (Wildman–Crippen LogP) is 3.67. The van der Waals surface area contributed by atoms with E-state index in [1.165, 1.54) is 12.1 Å². The summed E-state index contributed by atoms with van der Waals surface area (Å²) in [6.45, 7) is -1.08. The quantitative estimate of drug-likeness (QED) is 0.522. The summed E-state index contributed by atoms with van der Waals surface area (Å²) in [7, 11) is 0. The normalized spacial score (nSPS) is 10.2. The molecule has 0 bridgehead atoms. The van der Waals surface area contributed by atoms with Crippen molar-refractivity contribution in [2.45, 2.75) is 0 Å². The maximum atomic E-state index is 13.2. The van der Waals surface area contributed by atoms with Crippen LogP contribution in [-0.2, 0) is 14.3 Å². The molecule has 2 N–H and O–H groups in total. The number of anilines is 1. The van der Waals surface area contributed by atoms with E-state index in [4.69, 9.17) is 9.47 Å². The SMILES string of the molecule is O=C(COC(=O)c1ccccc1Oc1ccccc1)NCC(=O)Nc1ccc(F)c(F)c1. The number of benzene rings is 3. The first-order valence-electron chi connectivity index (χ1n) is 9.43. The molecule has 0 aliphatic carbocycles. The van der Waals surface area contributed by atoms with E-state index >= 15 is 0 Å². The molecule has 0 atom stereocenters. The molecule has 0 aliphatic heterocycles. The van der Waals surface area contributed by atoms with Crippen molar-refractivity contribution in [2.24, 2.45) is 0 Å². The zero-order chi connectivity index (χ0) is 22.9. The number of hydrogen-bond acceptors (Lipinski definition) is 5. The van der Waals surface area contributed by atoms with Crippen molar-refractivity contribution in [1.29, 1.82) is 0 Å². The average Bonchev–Trinajstić information content (AvgIpc) is 2.79. The Balaban J connectivity index is 1.48. The van der Waals surface area contributed by atoms with Gasteiger partial charge in [-0.2, -0.15) is 0 Å². The van der Waals surface area contributed by atoms with E-state index in [0.717, 1.165) is 12.1 Å². The lowest BCUT2D eigenvalue weighted by molar-refractivity contribution is -0.126. The molecule has 9 heteroatoms. The highest BCUT2D eigenvalue weighted by molar-refractivity contribution is 5.96. The van der Waals surface area contributed by atoms with Crippen molar-refractivity contribution in [3.63, 3.8) is 0 Å². The number of nitrogens with one attached hydrogen (secondary N) is 2.